The molecule has 0 aliphatic carbocycles. The second kappa shape index (κ2) is 7.00. The first-order chi connectivity index (χ1) is 9.70. The summed E-state index contributed by atoms with van der Waals surface area (Å²) >= 11 is 1.20. The lowest BCUT2D eigenvalue weighted by atomic mass is 10.3. The lowest BCUT2D eigenvalue weighted by molar-refractivity contribution is -0.133. The fraction of sp³-hybridized carbons (Fsp3) is 0.286. The third-order valence-corrected chi connectivity index (χ3v) is 3.47. The molecule has 6 heteroatoms. The Morgan fingerprint density at radius 2 is 2.15 bits per heavy atom. The number of aliphatic carboxylic acids is 1. The lowest BCUT2D eigenvalue weighted by Crippen LogP contribution is -2.01. The monoisotopic (exact) mass is 292 g/mol. The Hall–Kier alpha value is -1.95. The fourth-order valence-electron chi connectivity index (χ4n) is 1.64. The quantitative estimate of drug-likeness (QED) is 0.795. The van der Waals surface area contributed by atoms with Crippen molar-refractivity contribution in [2.24, 2.45) is 0 Å². The molecule has 1 heterocycles. The van der Waals surface area contributed by atoms with Gasteiger partial charge in [0.05, 0.1) is 12.4 Å². The van der Waals surface area contributed by atoms with Gasteiger partial charge in [-0.1, -0.05) is 18.7 Å². The van der Waals surface area contributed by atoms with Gasteiger partial charge in [-0.25, -0.2) is 4.98 Å². The van der Waals surface area contributed by atoms with Gasteiger partial charge in [0.15, 0.2) is 5.16 Å². The Kier molecular flexibility index (Phi) is 5.06. The van der Waals surface area contributed by atoms with Crippen LogP contribution < -0.4 is 4.74 Å². The minimum Gasteiger partial charge on any atom is -0.494 e. The summed E-state index contributed by atoms with van der Waals surface area (Å²) in [6.45, 7) is 2.76. The number of rotatable bonds is 7. The average molecular weight is 292 g/mol. The summed E-state index contributed by atoms with van der Waals surface area (Å²) < 4.78 is 7.39. The summed E-state index contributed by atoms with van der Waals surface area (Å²) in [5, 5.41) is 9.38. The molecule has 1 aromatic heterocycles. The van der Waals surface area contributed by atoms with E-state index in [-0.39, 0.29) is 5.75 Å². The SMILES string of the molecule is CCCOc1ccc(-n2ccnc2SCC(=O)O)cc1. The summed E-state index contributed by atoms with van der Waals surface area (Å²) in [7, 11) is 0. The highest BCUT2D eigenvalue weighted by molar-refractivity contribution is 7.99. The maximum Gasteiger partial charge on any atom is 0.313 e. The van der Waals surface area contributed by atoms with Gasteiger partial charge in [-0.05, 0) is 30.7 Å². The predicted octanol–water partition coefficient (Wildman–Crippen LogP) is 2.84. The van der Waals surface area contributed by atoms with Gasteiger partial charge in [0, 0.05) is 18.1 Å². The maximum absolute atomic E-state index is 10.6. The maximum atomic E-state index is 10.6. The van der Waals surface area contributed by atoms with Crippen LogP contribution in [0.2, 0.25) is 0 Å². The zero-order chi connectivity index (χ0) is 14.4. The number of aromatic nitrogens is 2. The number of nitrogens with zero attached hydrogens (tertiary/aromatic N) is 2. The normalized spacial score (nSPS) is 10.4. The summed E-state index contributed by atoms with van der Waals surface area (Å²) in [4.78, 5) is 14.8. The highest BCUT2D eigenvalue weighted by atomic mass is 32.2. The van der Waals surface area contributed by atoms with E-state index < -0.39 is 5.97 Å². The molecule has 0 amide bonds. The van der Waals surface area contributed by atoms with Crippen LogP contribution in [0.4, 0.5) is 0 Å². The van der Waals surface area contributed by atoms with Gasteiger partial charge in [-0.2, -0.15) is 0 Å². The molecule has 0 bridgehead atoms. The topological polar surface area (TPSA) is 64.4 Å². The Labute approximate surface area is 121 Å². The molecule has 1 aromatic carbocycles. The van der Waals surface area contributed by atoms with E-state index in [0.29, 0.717) is 11.8 Å². The van der Waals surface area contributed by atoms with Gasteiger partial charge in [-0.15, -0.1) is 0 Å². The predicted molar refractivity (Wildman–Crippen MR) is 77.7 cm³/mol. The van der Waals surface area contributed by atoms with Crippen LogP contribution >= 0.6 is 11.8 Å². The van der Waals surface area contributed by atoms with Crippen LogP contribution in [0, 0.1) is 0 Å². The van der Waals surface area contributed by atoms with E-state index in [9.17, 15) is 4.79 Å². The molecule has 0 saturated carbocycles. The molecule has 0 unspecified atom stereocenters. The molecule has 20 heavy (non-hydrogen) atoms. The zero-order valence-corrected chi connectivity index (χ0v) is 12.0. The van der Waals surface area contributed by atoms with Gasteiger partial charge < -0.3 is 9.84 Å². The van der Waals surface area contributed by atoms with E-state index >= 15 is 0 Å². The van der Waals surface area contributed by atoms with Gasteiger partial charge in [0.2, 0.25) is 0 Å². The second-order valence-electron chi connectivity index (χ2n) is 4.10. The molecular weight excluding hydrogens is 276 g/mol. The Morgan fingerprint density at radius 1 is 1.40 bits per heavy atom. The Morgan fingerprint density at radius 3 is 2.80 bits per heavy atom. The van der Waals surface area contributed by atoms with Crippen LogP contribution in [0.15, 0.2) is 41.8 Å². The molecule has 2 aromatic rings. The van der Waals surface area contributed by atoms with Crippen molar-refractivity contribution >= 4 is 17.7 Å². The van der Waals surface area contributed by atoms with Crippen LogP contribution in [-0.2, 0) is 4.79 Å². The number of thioether (sulfide) groups is 1. The highest BCUT2D eigenvalue weighted by Crippen LogP contribution is 2.22. The van der Waals surface area contributed by atoms with Crippen molar-refractivity contribution in [3.63, 3.8) is 0 Å². The third kappa shape index (κ3) is 3.77. The van der Waals surface area contributed by atoms with Crippen LogP contribution in [0.25, 0.3) is 5.69 Å². The number of hydrogen-bond donors (Lipinski definition) is 1. The number of carboxylic acids is 1. The summed E-state index contributed by atoms with van der Waals surface area (Å²) in [6, 6.07) is 7.66. The van der Waals surface area contributed by atoms with E-state index in [2.05, 4.69) is 11.9 Å². The number of carbonyl (C=O) groups is 1. The smallest absolute Gasteiger partial charge is 0.313 e. The molecule has 0 aliphatic heterocycles. The van der Waals surface area contributed by atoms with Crippen molar-refractivity contribution in [1.82, 2.24) is 9.55 Å². The van der Waals surface area contributed by atoms with Crippen molar-refractivity contribution in [1.29, 1.82) is 0 Å². The second-order valence-corrected chi connectivity index (χ2v) is 5.05. The lowest BCUT2D eigenvalue weighted by Gasteiger charge is -2.08. The molecule has 0 spiro atoms. The molecule has 106 valence electrons. The number of carboxylic acid groups (broad SMARTS) is 1. The Bertz CT molecular complexity index is 566. The number of ether oxygens (including phenoxy) is 1. The molecule has 0 aliphatic rings. The Balaban J connectivity index is 2.11. The highest BCUT2D eigenvalue weighted by Gasteiger charge is 2.08. The molecule has 5 nitrogen and oxygen atoms in total. The first kappa shape index (κ1) is 14.5. The summed E-state index contributed by atoms with van der Waals surface area (Å²) in [6.07, 6.45) is 4.44. The fourth-order valence-corrected chi connectivity index (χ4v) is 2.34. The van der Waals surface area contributed by atoms with E-state index in [1.54, 1.807) is 6.20 Å². The van der Waals surface area contributed by atoms with E-state index in [4.69, 9.17) is 9.84 Å². The number of benzene rings is 1. The van der Waals surface area contributed by atoms with Crippen molar-refractivity contribution in [3.05, 3.63) is 36.7 Å². The van der Waals surface area contributed by atoms with Crippen LogP contribution in [0.1, 0.15) is 13.3 Å². The van der Waals surface area contributed by atoms with Crippen LogP contribution in [0.3, 0.4) is 0 Å². The van der Waals surface area contributed by atoms with Crippen molar-refractivity contribution in [2.75, 3.05) is 12.4 Å². The summed E-state index contributed by atoms with van der Waals surface area (Å²) in [5.41, 5.74) is 0.930. The van der Waals surface area contributed by atoms with Crippen molar-refractivity contribution < 1.29 is 14.6 Å². The summed E-state index contributed by atoms with van der Waals surface area (Å²) in [5.74, 6) is -0.0300. The molecule has 0 atom stereocenters. The molecular formula is C14H16N2O3S. The van der Waals surface area contributed by atoms with Gasteiger partial charge in [-0.3, -0.25) is 9.36 Å². The average Bonchev–Trinajstić information content (AvgIpc) is 2.92. The van der Waals surface area contributed by atoms with E-state index in [1.165, 1.54) is 11.8 Å². The van der Waals surface area contributed by atoms with Gasteiger partial charge >= 0.3 is 5.97 Å². The van der Waals surface area contributed by atoms with Crippen LogP contribution in [-0.4, -0.2) is 33.0 Å². The molecule has 2 rings (SSSR count). The molecule has 0 saturated heterocycles. The minimum atomic E-state index is -0.854. The molecule has 0 fully saturated rings. The van der Waals surface area contributed by atoms with Gasteiger partial charge in [0.1, 0.15) is 5.75 Å². The van der Waals surface area contributed by atoms with Gasteiger partial charge in [0.25, 0.3) is 0 Å². The zero-order valence-electron chi connectivity index (χ0n) is 11.2. The van der Waals surface area contributed by atoms with Crippen molar-refractivity contribution in [2.45, 2.75) is 18.5 Å². The largest absolute Gasteiger partial charge is 0.494 e. The minimum absolute atomic E-state index is 0.00525. The molecule has 1 N–H and O–H groups in total. The van der Waals surface area contributed by atoms with E-state index in [0.717, 1.165) is 17.9 Å². The first-order valence-electron chi connectivity index (χ1n) is 6.32. The first-order valence-corrected chi connectivity index (χ1v) is 7.30. The molecule has 0 radical (unpaired) electrons. The third-order valence-electron chi connectivity index (χ3n) is 2.52. The van der Waals surface area contributed by atoms with Crippen molar-refractivity contribution in [3.8, 4) is 11.4 Å². The standard InChI is InChI=1S/C14H16N2O3S/c1-2-9-19-12-5-3-11(4-6-12)16-8-7-15-14(16)20-10-13(17)18/h3-8H,2,9-10H2,1H3,(H,17,18). The van der Waals surface area contributed by atoms with E-state index in [1.807, 2.05) is 35.0 Å². The van der Waals surface area contributed by atoms with Crippen LogP contribution in [0.5, 0.6) is 5.75 Å². The number of imidazole rings is 1. The number of hydrogen-bond acceptors (Lipinski definition) is 4.